The van der Waals surface area contributed by atoms with Gasteiger partial charge in [0.1, 0.15) is 5.75 Å². The van der Waals surface area contributed by atoms with Crippen molar-refractivity contribution in [1.29, 1.82) is 0 Å². The van der Waals surface area contributed by atoms with Crippen LogP contribution in [0.25, 0.3) is 11.0 Å². The molecule has 2 aromatic carbocycles. The van der Waals surface area contributed by atoms with Crippen molar-refractivity contribution in [1.82, 2.24) is 9.55 Å². The number of nitrogens with zero attached hydrogens (tertiary/aromatic N) is 2. The minimum absolute atomic E-state index is 0.135. The lowest BCUT2D eigenvalue weighted by Crippen LogP contribution is -2.17. The fourth-order valence-electron chi connectivity index (χ4n) is 3.07. The van der Waals surface area contributed by atoms with Gasteiger partial charge in [0, 0.05) is 0 Å². The molecule has 0 saturated carbocycles. The highest BCUT2D eigenvalue weighted by atomic mass is 32.2. The van der Waals surface area contributed by atoms with Crippen LogP contribution in [0.2, 0.25) is 0 Å². The highest BCUT2D eigenvalue weighted by Gasteiger charge is 2.28. The predicted octanol–water partition coefficient (Wildman–Crippen LogP) is 4.19. The molecule has 1 atom stereocenters. The first-order valence-corrected chi connectivity index (χ1v) is 9.20. The van der Waals surface area contributed by atoms with Gasteiger partial charge in [0.15, 0.2) is 5.16 Å². The number of hydrogen-bond donors (Lipinski definition) is 0. The summed E-state index contributed by atoms with van der Waals surface area (Å²) in [6, 6.07) is 15.7. The van der Waals surface area contributed by atoms with Gasteiger partial charge in [-0.15, -0.1) is 0 Å². The van der Waals surface area contributed by atoms with Gasteiger partial charge >= 0.3 is 5.97 Å². The number of methoxy groups -OCH3 is 1. The van der Waals surface area contributed by atoms with Crippen LogP contribution in [0.15, 0.2) is 64.7 Å². The van der Waals surface area contributed by atoms with Crippen LogP contribution in [-0.4, -0.2) is 29.2 Å². The van der Waals surface area contributed by atoms with Crippen LogP contribution in [-0.2, 0) is 9.53 Å². The number of fused-ring (bicyclic) bond motifs is 3. The van der Waals surface area contributed by atoms with Gasteiger partial charge in [-0.3, -0.25) is 0 Å². The smallest absolute Gasteiger partial charge is 0.344 e. The third kappa shape index (κ3) is 2.86. The molecule has 1 aliphatic rings. The van der Waals surface area contributed by atoms with Gasteiger partial charge in [-0.25, -0.2) is 9.78 Å². The number of para-hydroxylation sites is 2. The van der Waals surface area contributed by atoms with Gasteiger partial charge in [-0.05, 0) is 54.6 Å². The fourth-order valence-corrected chi connectivity index (χ4v) is 4.06. The average Bonchev–Trinajstić information content (AvgIpc) is 3.06. The van der Waals surface area contributed by atoms with Crippen molar-refractivity contribution in [2.75, 3.05) is 13.7 Å². The van der Waals surface area contributed by atoms with E-state index in [2.05, 4.69) is 4.57 Å². The van der Waals surface area contributed by atoms with Crippen molar-refractivity contribution >= 4 is 28.8 Å². The summed E-state index contributed by atoms with van der Waals surface area (Å²) in [7, 11) is 1.65. The lowest BCUT2D eigenvalue weighted by molar-refractivity contribution is -0.137. The number of hydrogen-bond acceptors (Lipinski definition) is 5. The van der Waals surface area contributed by atoms with E-state index in [1.165, 1.54) is 11.8 Å². The standard InChI is InChI=1S/C20H18N2O3S/c1-3-25-19(23)18-12-17(13-8-10-14(24-2)11-9-13)22-16-7-5-4-6-15(16)21-20(22)26-18/h4-12,17H,3H2,1-2H3. The third-order valence-electron chi connectivity index (χ3n) is 4.29. The van der Waals surface area contributed by atoms with Crippen LogP contribution < -0.4 is 4.74 Å². The number of esters is 1. The highest BCUT2D eigenvalue weighted by molar-refractivity contribution is 8.03. The Morgan fingerprint density at radius 3 is 2.69 bits per heavy atom. The molecule has 0 saturated heterocycles. The molecule has 2 heterocycles. The number of aromatic nitrogens is 2. The van der Waals surface area contributed by atoms with Gasteiger partial charge in [-0.1, -0.05) is 24.3 Å². The van der Waals surface area contributed by atoms with Crippen LogP contribution in [0.5, 0.6) is 5.75 Å². The van der Waals surface area contributed by atoms with E-state index < -0.39 is 0 Å². The molecular weight excluding hydrogens is 348 g/mol. The van der Waals surface area contributed by atoms with Crippen molar-refractivity contribution < 1.29 is 14.3 Å². The number of allylic oxidation sites excluding steroid dienone is 1. The Morgan fingerprint density at radius 1 is 1.19 bits per heavy atom. The van der Waals surface area contributed by atoms with Gasteiger partial charge < -0.3 is 14.0 Å². The van der Waals surface area contributed by atoms with Crippen LogP contribution in [0.1, 0.15) is 18.5 Å². The Morgan fingerprint density at radius 2 is 1.96 bits per heavy atom. The normalized spacial score (nSPS) is 16.1. The van der Waals surface area contributed by atoms with Crippen molar-refractivity contribution in [3.63, 3.8) is 0 Å². The predicted molar refractivity (Wildman–Crippen MR) is 101 cm³/mol. The van der Waals surface area contributed by atoms with Crippen molar-refractivity contribution in [3.8, 4) is 5.75 Å². The van der Waals surface area contributed by atoms with Crippen LogP contribution in [0, 0.1) is 0 Å². The zero-order valence-corrected chi connectivity index (χ0v) is 15.3. The summed E-state index contributed by atoms with van der Waals surface area (Å²) in [5.41, 5.74) is 3.00. The Labute approximate surface area is 155 Å². The van der Waals surface area contributed by atoms with Crippen LogP contribution in [0.4, 0.5) is 0 Å². The zero-order valence-electron chi connectivity index (χ0n) is 14.5. The maximum Gasteiger partial charge on any atom is 0.344 e. The molecule has 0 amide bonds. The van der Waals surface area contributed by atoms with E-state index in [-0.39, 0.29) is 12.0 Å². The molecule has 6 heteroatoms. The molecule has 0 radical (unpaired) electrons. The molecule has 1 aliphatic heterocycles. The van der Waals surface area contributed by atoms with E-state index >= 15 is 0 Å². The Bertz CT molecular complexity index is 992. The summed E-state index contributed by atoms with van der Waals surface area (Å²) in [6.07, 6.45) is 1.95. The lowest BCUT2D eigenvalue weighted by Gasteiger charge is -2.24. The number of imidazole rings is 1. The SMILES string of the molecule is CCOC(=O)C1=CC(c2ccc(OC)cc2)n2c(nc3ccccc32)S1. The molecule has 4 rings (SSSR count). The fraction of sp³-hybridized carbons (Fsp3) is 0.200. The maximum atomic E-state index is 12.3. The number of thioether (sulfide) groups is 1. The Hall–Kier alpha value is -2.73. The molecule has 0 N–H and O–H groups in total. The molecule has 5 nitrogen and oxygen atoms in total. The molecule has 3 aromatic rings. The minimum Gasteiger partial charge on any atom is -0.497 e. The van der Waals surface area contributed by atoms with Crippen molar-refractivity contribution in [2.24, 2.45) is 0 Å². The second-order valence-corrected chi connectivity index (χ2v) is 6.83. The molecule has 1 unspecified atom stereocenters. The van der Waals surface area contributed by atoms with Crippen molar-refractivity contribution in [2.45, 2.75) is 18.1 Å². The number of benzene rings is 2. The summed E-state index contributed by atoms with van der Waals surface area (Å²) < 4.78 is 12.6. The van der Waals surface area contributed by atoms with Gasteiger partial charge in [0.2, 0.25) is 0 Å². The zero-order chi connectivity index (χ0) is 18.1. The molecule has 0 fully saturated rings. The average molecular weight is 366 g/mol. The molecular formula is C20H18N2O3S. The summed E-state index contributed by atoms with van der Waals surface area (Å²) in [4.78, 5) is 17.6. The molecule has 0 bridgehead atoms. The summed E-state index contributed by atoms with van der Waals surface area (Å²) in [6.45, 7) is 2.16. The van der Waals surface area contributed by atoms with E-state index in [1.807, 2.05) is 61.5 Å². The van der Waals surface area contributed by atoms with Crippen LogP contribution >= 0.6 is 11.8 Å². The minimum atomic E-state index is -0.311. The molecule has 0 spiro atoms. The first-order chi connectivity index (χ1) is 12.7. The largest absolute Gasteiger partial charge is 0.497 e. The highest BCUT2D eigenvalue weighted by Crippen LogP contribution is 2.41. The Balaban J connectivity index is 1.86. The molecule has 26 heavy (non-hydrogen) atoms. The van der Waals surface area contributed by atoms with Gasteiger partial charge in [-0.2, -0.15) is 0 Å². The second-order valence-electron chi connectivity index (χ2n) is 5.82. The monoisotopic (exact) mass is 366 g/mol. The lowest BCUT2D eigenvalue weighted by atomic mass is 10.1. The van der Waals surface area contributed by atoms with Gasteiger partial charge in [0.05, 0.1) is 35.7 Å². The summed E-state index contributed by atoms with van der Waals surface area (Å²) in [5.74, 6) is 0.485. The van der Waals surface area contributed by atoms with E-state index in [9.17, 15) is 4.79 Å². The quantitative estimate of drug-likeness (QED) is 0.648. The topological polar surface area (TPSA) is 53.4 Å². The number of rotatable bonds is 4. The number of carbonyl (C=O) groups is 1. The third-order valence-corrected chi connectivity index (χ3v) is 5.28. The first kappa shape index (κ1) is 16.7. The molecule has 0 aliphatic carbocycles. The first-order valence-electron chi connectivity index (χ1n) is 8.39. The second kappa shape index (κ2) is 6.88. The van der Waals surface area contributed by atoms with Crippen LogP contribution in [0.3, 0.4) is 0 Å². The summed E-state index contributed by atoms with van der Waals surface area (Å²) in [5, 5.41) is 0.789. The number of carbonyl (C=O) groups excluding carboxylic acids is 1. The van der Waals surface area contributed by atoms with E-state index in [1.54, 1.807) is 7.11 Å². The van der Waals surface area contributed by atoms with E-state index in [4.69, 9.17) is 14.5 Å². The Kier molecular flexibility index (Phi) is 4.42. The van der Waals surface area contributed by atoms with E-state index in [0.717, 1.165) is 27.5 Å². The molecule has 132 valence electrons. The number of ether oxygens (including phenoxy) is 2. The maximum absolute atomic E-state index is 12.3. The van der Waals surface area contributed by atoms with E-state index in [0.29, 0.717) is 11.5 Å². The van der Waals surface area contributed by atoms with Gasteiger partial charge in [0.25, 0.3) is 0 Å². The summed E-state index contributed by atoms with van der Waals surface area (Å²) >= 11 is 1.35. The molecule has 1 aromatic heterocycles. The van der Waals surface area contributed by atoms with Crippen molar-refractivity contribution in [3.05, 3.63) is 65.1 Å².